The molecule has 0 saturated heterocycles. The molecule has 3 aromatic rings. The number of nitrogens with one attached hydrogen (secondary N) is 1. The van der Waals surface area contributed by atoms with Gasteiger partial charge < -0.3 is 14.5 Å². The smallest absolute Gasteiger partial charge is 0.342 e. The largest absolute Gasteiger partial charge is 0.462 e. The van der Waals surface area contributed by atoms with Gasteiger partial charge >= 0.3 is 11.9 Å². The van der Waals surface area contributed by atoms with Crippen LogP contribution in [0.4, 0.5) is 0 Å². The Balaban J connectivity index is 1.76. The molecule has 1 N–H and O–H groups in total. The minimum atomic E-state index is -0.628. The van der Waals surface area contributed by atoms with E-state index in [0.717, 1.165) is 5.69 Å². The van der Waals surface area contributed by atoms with E-state index in [1.165, 1.54) is 0 Å². The highest BCUT2D eigenvalue weighted by molar-refractivity contribution is 6.03. The van der Waals surface area contributed by atoms with Gasteiger partial charge in [0.05, 0.1) is 34.9 Å². The third-order valence-electron chi connectivity index (χ3n) is 5.03. The summed E-state index contributed by atoms with van der Waals surface area (Å²) in [5.41, 5.74) is 3.83. The number of ketones is 1. The minimum absolute atomic E-state index is 0.224. The van der Waals surface area contributed by atoms with Crippen LogP contribution in [-0.4, -0.2) is 45.7 Å². The summed E-state index contributed by atoms with van der Waals surface area (Å²) in [6.07, 6.45) is 0. The highest BCUT2D eigenvalue weighted by atomic mass is 16.5. The number of aromatic amines is 1. The molecular formula is C23H25N3O5. The van der Waals surface area contributed by atoms with Gasteiger partial charge in [-0.15, -0.1) is 0 Å². The van der Waals surface area contributed by atoms with Crippen LogP contribution in [0.1, 0.15) is 60.8 Å². The monoisotopic (exact) mass is 423 g/mol. The van der Waals surface area contributed by atoms with E-state index in [1.54, 1.807) is 39.3 Å². The van der Waals surface area contributed by atoms with E-state index in [0.29, 0.717) is 33.8 Å². The van der Waals surface area contributed by atoms with Gasteiger partial charge in [0.15, 0.2) is 6.61 Å². The van der Waals surface area contributed by atoms with Gasteiger partial charge in [0.25, 0.3) is 0 Å². The van der Waals surface area contributed by atoms with Crippen LogP contribution in [0.5, 0.6) is 0 Å². The number of Topliss-reactive ketones (excluding diaryl/α,β-unsaturated/α-hetero) is 1. The lowest BCUT2D eigenvalue weighted by atomic mass is 10.1. The van der Waals surface area contributed by atoms with Crippen molar-refractivity contribution in [1.29, 1.82) is 0 Å². The van der Waals surface area contributed by atoms with Crippen LogP contribution in [0.3, 0.4) is 0 Å². The fourth-order valence-electron chi connectivity index (χ4n) is 3.57. The molecule has 0 atom stereocenters. The quantitative estimate of drug-likeness (QED) is 0.460. The molecule has 31 heavy (non-hydrogen) atoms. The maximum atomic E-state index is 12.7. The first kappa shape index (κ1) is 22.0. The Bertz CT molecular complexity index is 1140. The lowest BCUT2D eigenvalue weighted by molar-refractivity contribution is 0.0470. The van der Waals surface area contributed by atoms with Gasteiger partial charge in [-0.2, -0.15) is 5.10 Å². The van der Waals surface area contributed by atoms with Crippen molar-refractivity contribution in [3.05, 3.63) is 69.8 Å². The number of nitrogens with zero attached hydrogens (tertiary/aromatic N) is 2. The maximum absolute atomic E-state index is 12.7. The van der Waals surface area contributed by atoms with E-state index in [2.05, 4.69) is 10.1 Å². The standard InChI is InChI=1S/C23H25N3O5/c1-6-30-22(28)19-13(2)21(24-14(19)3)18(27)12-31-23(29)20-15(4)25-26(16(20)5)17-10-8-7-9-11-17/h7-11,24H,6,12H2,1-5H3. The number of hydrogen-bond donors (Lipinski definition) is 1. The second-order valence-corrected chi connectivity index (χ2v) is 7.14. The Morgan fingerprint density at radius 3 is 2.26 bits per heavy atom. The second-order valence-electron chi connectivity index (χ2n) is 7.14. The number of carbonyl (C=O) groups excluding carboxylic acids is 3. The molecule has 1 aromatic carbocycles. The molecule has 162 valence electrons. The van der Waals surface area contributed by atoms with Crippen molar-refractivity contribution in [1.82, 2.24) is 14.8 Å². The first-order valence-corrected chi connectivity index (χ1v) is 9.94. The van der Waals surface area contributed by atoms with Crippen molar-refractivity contribution >= 4 is 17.7 Å². The molecule has 8 heteroatoms. The zero-order chi connectivity index (χ0) is 22.7. The maximum Gasteiger partial charge on any atom is 0.342 e. The minimum Gasteiger partial charge on any atom is -0.462 e. The van der Waals surface area contributed by atoms with Gasteiger partial charge in [-0.05, 0) is 52.3 Å². The Morgan fingerprint density at radius 2 is 1.61 bits per heavy atom. The molecule has 0 amide bonds. The van der Waals surface area contributed by atoms with Gasteiger partial charge in [0, 0.05) is 5.69 Å². The Morgan fingerprint density at radius 1 is 0.968 bits per heavy atom. The topological polar surface area (TPSA) is 103 Å². The lowest BCUT2D eigenvalue weighted by Gasteiger charge is -2.06. The van der Waals surface area contributed by atoms with Gasteiger partial charge in [0.1, 0.15) is 5.56 Å². The zero-order valence-electron chi connectivity index (χ0n) is 18.2. The van der Waals surface area contributed by atoms with Crippen LogP contribution in [0.2, 0.25) is 0 Å². The number of hydrogen-bond acceptors (Lipinski definition) is 6. The molecule has 3 rings (SSSR count). The fourth-order valence-corrected chi connectivity index (χ4v) is 3.57. The average Bonchev–Trinajstić information content (AvgIpc) is 3.21. The average molecular weight is 423 g/mol. The lowest BCUT2D eigenvalue weighted by Crippen LogP contribution is -2.16. The van der Waals surface area contributed by atoms with Crippen molar-refractivity contribution in [3.63, 3.8) is 0 Å². The molecule has 0 radical (unpaired) electrons. The second kappa shape index (κ2) is 8.99. The molecule has 8 nitrogen and oxygen atoms in total. The number of aryl methyl sites for hydroxylation is 2. The van der Waals surface area contributed by atoms with E-state index in [4.69, 9.17) is 9.47 Å². The summed E-state index contributed by atoms with van der Waals surface area (Å²) in [5.74, 6) is -1.56. The molecule has 2 heterocycles. The molecular weight excluding hydrogens is 398 g/mol. The van der Waals surface area contributed by atoms with E-state index < -0.39 is 24.3 Å². The summed E-state index contributed by atoms with van der Waals surface area (Å²) in [6.45, 7) is 8.32. The molecule has 0 spiro atoms. The molecule has 0 aliphatic carbocycles. The van der Waals surface area contributed by atoms with Crippen LogP contribution in [0.25, 0.3) is 5.69 Å². The third-order valence-corrected chi connectivity index (χ3v) is 5.03. The summed E-state index contributed by atoms with van der Waals surface area (Å²) in [5, 5.41) is 4.43. The van der Waals surface area contributed by atoms with Crippen LogP contribution < -0.4 is 0 Å². The van der Waals surface area contributed by atoms with Crippen molar-refractivity contribution in [2.24, 2.45) is 0 Å². The molecule has 0 aliphatic heterocycles. The summed E-state index contributed by atoms with van der Waals surface area (Å²) >= 11 is 0. The fraction of sp³-hybridized carbons (Fsp3) is 0.304. The molecule has 2 aromatic heterocycles. The van der Waals surface area contributed by atoms with Gasteiger partial charge in [-0.1, -0.05) is 18.2 Å². The highest BCUT2D eigenvalue weighted by Gasteiger charge is 2.25. The van der Waals surface area contributed by atoms with Crippen LogP contribution in [0, 0.1) is 27.7 Å². The van der Waals surface area contributed by atoms with Gasteiger partial charge in [-0.25, -0.2) is 14.3 Å². The van der Waals surface area contributed by atoms with Crippen molar-refractivity contribution < 1.29 is 23.9 Å². The van der Waals surface area contributed by atoms with Crippen molar-refractivity contribution in [3.8, 4) is 5.69 Å². The highest BCUT2D eigenvalue weighted by Crippen LogP contribution is 2.21. The van der Waals surface area contributed by atoms with Crippen LogP contribution in [0.15, 0.2) is 30.3 Å². The summed E-state index contributed by atoms with van der Waals surface area (Å²) in [7, 11) is 0. The van der Waals surface area contributed by atoms with E-state index >= 15 is 0 Å². The van der Waals surface area contributed by atoms with E-state index in [1.807, 2.05) is 30.3 Å². The van der Waals surface area contributed by atoms with Crippen LogP contribution in [-0.2, 0) is 9.47 Å². The number of para-hydroxylation sites is 1. The van der Waals surface area contributed by atoms with E-state index in [-0.39, 0.29) is 12.3 Å². The Kier molecular flexibility index (Phi) is 6.39. The molecule has 0 aliphatic rings. The first-order chi connectivity index (χ1) is 14.8. The van der Waals surface area contributed by atoms with Gasteiger partial charge in [-0.3, -0.25) is 4.79 Å². The Labute approximate surface area is 180 Å². The number of carbonyl (C=O) groups is 3. The number of esters is 2. The van der Waals surface area contributed by atoms with Crippen molar-refractivity contribution in [2.75, 3.05) is 13.2 Å². The first-order valence-electron chi connectivity index (χ1n) is 9.94. The van der Waals surface area contributed by atoms with Crippen LogP contribution >= 0.6 is 0 Å². The number of ether oxygens (including phenoxy) is 2. The predicted molar refractivity (Wildman–Crippen MR) is 114 cm³/mol. The molecule has 0 saturated carbocycles. The number of H-pyrrole nitrogens is 1. The normalized spacial score (nSPS) is 10.7. The predicted octanol–water partition coefficient (Wildman–Crippen LogP) is 3.65. The number of benzene rings is 1. The number of rotatable bonds is 7. The summed E-state index contributed by atoms with van der Waals surface area (Å²) < 4.78 is 12.0. The molecule has 0 fully saturated rings. The Hall–Kier alpha value is -3.68. The zero-order valence-corrected chi connectivity index (χ0v) is 18.2. The SMILES string of the molecule is CCOC(=O)c1c(C)[nH]c(C(=O)COC(=O)c2c(C)nn(-c3ccccc3)c2C)c1C. The molecule has 0 unspecified atom stereocenters. The number of aromatic nitrogens is 3. The van der Waals surface area contributed by atoms with Crippen molar-refractivity contribution in [2.45, 2.75) is 34.6 Å². The summed E-state index contributed by atoms with van der Waals surface area (Å²) in [4.78, 5) is 40.4. The molecule has 0 bridgehead atoms. The van der Waals surface area contributed by atoms with E-state index in [9.17, 15) is 14.4 Å². The third kappa shape index (κ3) is 4.28. The van der Waals surface area contributed by atoms with Gasteiger partial charge in [0.2, 0.25) is 5.78 Å². The summed E-state index contributed by atoms with van der Waals surface area (Å²) in [6, 6.07) is 9.43.